The lowest BCUT2D eigenvalue weighted by atomic mass is 10.0. The maximum atomic E-state index is 4.11. The van der Waals surface area contributed by atoms with Crippen LogP contribution in [0.1, 0.15) is 12.6 Å². The first-order chi connectivity index (χ1) is 5.75. The molecule has 0 radical (unpaired) electrons. The Morgan fingerprint density at radius 2 is 2.08 bits per heavy atom. The van der Waals surface area contributed by atoms with Crippen molar-refractivity contribution in [1.29, 1.82) is 0 Å². The van der Waals surface area contributed by atoms with Gasteiger partial charge in [-0.25, -0.2) is 0 Å². The third-order valence-corrected chi connectivity index (χ3v) is 2.17. The zero-order valence-electron chi connectivity index (χ0n) is 7.49. The summed E-state index contributed by atoms with van der Waals surface area (Å²) >= 11 is 0. The van der Waals surface area contributed by atoms with E-state index in [1.54, 1.807) is 0 Å². The van der Waals surface area contributed by atoms with E-state index in [-0.39, 0.29) is 0 Å². The fourth-order valence-electron chi connectivity index (χ4n) is 1.45. The first-order valence-electron chi connectivity index (χ1n) is 4.31. The number of hydrogen-bond acceptors (Lipinski definition) is 3. The van der Waals surface area contributed by atoms with Crippen LogP contribution >= 0.6 is 0 Å². The molecule has 1 aliphatic heterocycles. The zero-order valence-corrected chi connectivity index (χ0v) is 7.49. The van der Waals surface area contributed by atoms with Crippen molar-refractivity contribution in [3.63, 3.8) is 0 Å². The van der Waals surface area contributed by atoms with Crippen molar-refractivity contribution in [1.82, 2.24) is 10.2 Å². The highest BCUT2D eigenvalue weighted by molar-refractivity contribution is 5.40. The molecule has 0 N–H and O–H groups in total. The van der Waals surface area contributed by atoms with E-state index in [2.05, 4.69) is 22.0 Å². The number of hydrogen-bond donors (Lipinski definition) is 0. The number of nitrogens with zero attached hydrogens (tertiary/aromatic N) is 3. The first-order valence-corrected chi connectivity index (χ1v) is 4.31. The third-order valence-electron chi connectivity index (χ3n) is 2.17. The molecule has 0 saturated carbocycles. The monoisotopic (exact) mass is 163 g/mol. The number of rotatable bonds is 1. The topological polar surface area (TPSA) is 29.0 Å². The lowest BCUT2D eigenvalue weighted by Gasteiger charge is -2.37. The molecule has 1 aromatic rings. The molecule has 1 fully saturated rings. The molecule has 1 aliphatic rings. The molecule has 2 rings (SSSR count). The van der Waals surface area contributed by atoms with Gasteiger partial charge in [-0.2, -0.15) is 5.10 Å². The summed E-state index contributed by atoms with van der Waals surface area (Å²) in [6.45, 7) is 6.45. The highest BCUT2D eigenvalue weighted by Gasteiger charge is 2.23. The Morgan fingerprint density at radius 3 is 2.58 bits per heavy atom. The van der Waals surface area contributed by atoms with E-state index >= 15 is 0 Å². The van der Waals surface area contributed by atoms with E-state index in [0.29, 0.717) is 0 Å². The summed E-state index contributed by atoms with van der Waals surface area (Å²) in [6.07, 6.45) is 0. The van der Waals surface area contributed by atoms with Gasteiger partial charge in [0.15, 0.2) is 5.82 Å². The number of anilines is 1. The van der Waals surface area contributed by atoms with Crippen molar-refractivity contribution in [2.24, 2.45) is 5.92 Å². The van der Waals surface area contributed by atoms with Crippen LogP contribution in [0, 0.1) is 12.8 Å². The minimum absolute atomic E-state index is 0.813. The van der Waals surface area contributed by atoms with Crippen LogP contribution in [-0.4, -0.2) is 23.3 Å². The van der Waals surface area contributed by atoms with Crippen LogP contribution in [0.3, 0.4) is 0 Å². The molecular weight excluding hydrogens is 150 g/mol. The van der Waals surface area contributed by atoms with Crippen molar-refractivity contribution in [3.8, 4) is 0 Å². The van der Waals surface area contributed by atoms with Crippen LogP contribution in [0.4, 0.5) is 5.82 Å². The number of aromatic nitrogens is 2. The van der Waals surface area contributed by atoms with E-state index < -0.39 is 0 Å². The van der Waals surface area contributed by atoms with Crippen molar-refractivity contribution < 1.29 is 0 Å². The van der Waals surface area contributed by atoms with Crippen LogP contribution in [0.25, 0.3) is 0 Å². The normalized spacial score (nSPS) is 17.7. The maximum absolute atomic E-state index is 4.11. The summed E-state index contributed by atoms with van der Waals surface area (Å²) < 4.78 is 0. The predicted molar refractivity (Wildman–Crippen MR) is 48.1 cm³/mol. The van der Waals surface area contributed by atoms with E-state index in [9.17, 15) is 0 Å². The van der Waals surface area contributed by atoms with Gasteiger partial charge in [-0.05, 0) is 25.0 Å². The Morgan fingerprint density at radius 1 is 1.33 bits per heavy atom. The Bertz CT molecular complexity index is 262. The van der Waals surface area contributed by atoms with Gasteiger partial charge in [0.05, 0.1) is 5.69 Å². The van der Waals surface area contributed by atoms with Crippen molar-refractivity contribution in [2.45, 2.75) is 13.8 Å². The average molecular weight is 163 g/mol. The third kappa shape index (κ3) is 1.26. The van der Waals surface area contributed by atoms with Gasteiger partial charge in [-0.1, -0.05) is 6.92 Å². The van der Waals surface area contributed by atoms with Crippen LogP contribution in [0.15, 0.2) is 12.1 Å². The van der Waals surface area contributed by atoms with Gasteiger partial charge >= 0.3 is 0 Å². The smallest absolute Gasteiger partial charge is 0.151 e. The summed E-state index contributed by atoms with van der Waals surface area (Å²) in [5.74, 6) is 1.83. The molecule has 0 aromatic carbocycles. The van der Waals surface area contributed by atoms with Gasteiger partial charge in [0.25, 0.3) is 0 Å². The molecule has 1 aromatic heterocycles. The molecule has 0 amide bonds. The molecule has 3 nitrogen and oxygen atoms in total. The fraction of sp³-hybridized carbons (Fsp3) is 0.556. The molecule has 64 valence electrons. The fourth-order valence-corrected chi connectivity index (χ4v) is 1.45. The van der Waals surface area contributed by atoms with Crippen molar-refractivity contribution in [3.05, 3.63) is 17.8 Å². The second-order valence-electron chi connectivity index (χ2n) is 3.54. The van der Waals surface area contributed by atoms with Crippen molar-refractivity contribution >= 4 is 5.82 Å². The van der Waals surface area contributed by atoms with Crippen LogP contribution in [0.5, 0.6) is 0 Å². The quantitative estimate of drug-likeness (QED) is 0.623. The average Bonchev–Trinajstić information content (AvgIpc) is 2.01. The highest BCUT2D eigenvalue weighted by Crippen LogP contribution is 2.20. The Hall–Kier alpha value is -1.12. The molecule has 0 atom stereocenters. The van der Waals surface area contributed by atoms with Crippen LogP contribution in [0.2, 0.25) is 0 Å². The lowest BCUT2D eigenvalue weighted by molar-refractivity contribution is 0.442. The SMILES string of the molecule is Cc1ccc(N2CC(C)C2)nn1. The second kappa shape index (κ2) is 2.73. The Kier molecular flexibility index (Phi) is 1.71. The highest BCUT2D eigenvalue weighted by atomic mass is 15.3. The summed E-state index contributed by atoms with van der Waals surface area (Å²) in [6, 6.07) is 4.04. The van der Waals surface area contributed by atoms with Gasteiger partial charge in [0, 0.05) is 13.1 Å². The first kappa shape index (κ1) is 7.53. The summed E-state index contributed by atoms with van der Waals surface area (Å²) in [7, 11) is 0. The van der Waals surface area contributed by atoms with E-state index in [0.717, 1.165) is 30.5 Å². The molecule has 0 unspecified atom stereocenters. The maximum Gasteiger partial charge on any atom is 0.151 e. The molecule has 2 heterocycles. The van der Waals surface area contributed by atoms with E-state index in [1.165, 1.54) is 0 Å². The Labute approximate surface area is 72.4 Å². The van der Waals surface area contributed by atoms with Gasteiger partial charge in [-0.15, -0.1) is 5.10 Å². The molecule has 0 bridgehead atoms. The lowest BCUT2D eigenvalue weighted by Crippen LogP contribution is -2.45. The van der Waals surface area contributed by atoms with E-state index in [1.807, 2.05) is 19.1 Å². The van der Waals surface area contributed by atoms with Gasteiger partial charge in [0.1, 0.15) is 0 Å². The van der Waals surface area contributed by atoms with Crippen LogP contribution < -0.4 is 4.90 Å². The minimum Gasteiger partial charge on any atom is -0.354 e. The van der Waals surface area contributed by atoms with Gasteiger partial charge in [-0.3, -0.25) is 0 Å². The summed E-state index contributed by atoms with van der Waals surface area (Å²) in [4.78, 5) is 2.25. The van der Waals surface area contributed by atoms with Gasteiger partial charge in [0.2, 0.25) is 0 Å². The van der Waals surface area contributed by atoms with Crippen LogP contribution in [-0.2, 0) is 0 Å². The van der Waals surface area contributed by atoms with Crippen molar-refractivity contribution in [2.75, 3.05) is 18.0 Å². The predicted octanol–water partition coefficient (Wildman–Crippen LogP) is 1.24. The molecular formula is C9H13N3. The van der Waals surface area contributed by atoms with Gasteiger partial charge < -0.3 is 4.90 Å². The molecule has 0 aliphatic carbocycles. The zero-order chi connectivity index (χ0) is 8.55. The standard InChI is InChI=1S/C9H13N3/c1-7-5-12(6-7)9-4-3-8(2)10-11-9/h3-4,7H,5-6H2,1-2H3. The minimum atomic E-state index is 0.813. The summed E-state index contributed by atoms with van der Waals surface area (Å²) in [5, 5.41) is 8.13. The molecule has 0 spiro atoms. The number of aryl methyl sites for hydroxylation is 1. The molecule has 1 saturated heterocycles. The second-order valence-corrected chi connectivity index (χ2v) is 3.54. The summed E-state index contributed by atoms with van der Waals surface area (Å²) in [5.41, 5.74) is 0.979. The largest absolute Gasteiger partial charge is 0.354 e. The van der Waals surface area contributed by atoms with E-state index in [4.69, 9.17) is 0 Å². The molecule has 3 heteroatoms. The molecule has 12 heavy (non-hydrogen) atoms. The Balaban J connectivity index is 2.09.